The number of hydrogen-bond donors (Lipinski definition) is 1. The number of amides is 2. The van der Waals surface area contributed by atoms with Crippen LogP contribution in [-0.2, 0) is 32.6 Å². The van der Waals surface area contributed by atoms with Crippen molar-refractivity contribution in [3.8, 4) is 0 Å². The predicted molar refractivity (Wildman–Crippen MR) is 162 cm³/mol. The van der Waals surface area contributed by atoms with Gasteiger partial charge in [-0.3, -0.25) is 13.9 Å². The number of anilines is 1. The summed E-state index contributed by atoms with van der Waals surface area (Å²) in [5, 5.41) is 3.04. The summed E-state index contributed by atoms with van der Waals surface area (Å²) in [5.41, 5.74) is 4.36. The van der Waals surface area contributed by atoms with Crippen molar-refractivity contribution in [2.24, 2.45) is 0 Å². The lowest BCUT2D eigenvalue weighted by Gasteiger charge is -2.35. The number of rotatable bonds is 10. The summed E-state index contributed by atoms with van der Waals surface area (Å²) in [6.07, 6.45) is 1.38. The quantitative estimate of drug-likeness (QED) is 0.379. The van der Waals surface area contributed by atoms with Crippen LogP contribution in [0.1, 0.15) is 48.6 Å². The number of sulfonamides is 1. The third-order valence-corrected chi connectivity index (χ3v) is 7.68. The molecule has 40 heavy (non-hydrogen) atoms. The summed E-state index contributed by atoms with van der Waals surface area (Å²) in [7, 11) is -3.81. The molecule has 214 valence electrons. The molecule has 0 aliphatic carbocycles. The fraction of sp³-hybridized carbons (Fsp3) is 0.375. The van der Waals surface area contributed by atoms with E-state index in [1.807, 2.05) is 108 Å². The Balaban J connectivity index is 2.09. The number of aryl methyl sites for hydroxylation is 3. The minimum atomic E-state index is -3.81. The Labute approximate surface area is 239 Å². The Hall–Kier alpha value is -3.65. The first-order valence-corrected chi connectivity index (χ1v) is 15.2. The van der Waals surface area contributed by atoms with Crippen molar-refractivity contribution in [1.29, 1.82) is 0 Å². The fourth-order valence-electron chi connectivity index (χ4n) is 4.48. The smallest absolute Gasteiger partial charge is 0.244 e. The van der Waals surface area contributed by atoms with Gasteiger partial charge >= 0.3 is 0 Å². The van der Waals surface area contributed by atoms with Crippen molar-refractivity contribution in [3.05, 3.63) is 101 Å². The van der Waals surface area contributed by atoms with Crippen molar-refractivity contribution >= 4 is 27.5 Å². The van der Waals surface area contributed by atoms with Gasteiger partial charge in [0.2, 0.25) is 21.8 Å². The van der Waals surface area contributed by atoms with E-state index >= 15 is 0 Å². The molecule has 0 heterocycles. The van der Waals surface area contributed by atoms with Gasteiger partial charge in [0, 0.05) is 18.5 Å². The molecule has 8 heteroatoms. The molecule has 0 aliphatic heterocycles. The summed E-state index contributed by atoms with van der Waals surface area (Å²) >= 11 is 0. The molecule has 1 N–H and O–H groups in total. The highest BCUT2D eigenvalue weighted by atomic mass is 32.2. The van der Waals surface area contributed by atoms with Crippen molar-refractivity contribution < 1.29 is 18.0 Å². The molecule has 7 nitrogen and oxygen atoms in total. The van der Waals surface area contributed by atoms with E-state index < -0.39 is 34.1 Å². The molecule has 0 aromatic heterocycles. The van der Waals surface area contributed by atoms with E-state index in [9.17, 15) is 18.0 Å². The zero-order valence-corrected chi connectivity index (χ0v) is 25.4. The first-order valence-electron chi connectivity index (χ1n) is 13.4. The number of benzene rings is 3. The first kappa shape index (κ1) is 30.9. The van der Waals surface area contributed by atoms with Gasteiger partial charge in [-0.05, 0) is 69.9 Å². The van der Waals surface area contributed by atoms with Crippen molar-refractivity contribution in [3.63, 3.8) is 0 Å². The molecule has 3 aromatic carbocycles. The summed E-state index contributed by atoms with van der Waals surface area (Å²) in [6, 6.07) is 21.9. The number of carbonyl (C=O) groups excluding carboxylic acids is 2. The third kappa shape index (κ3) is 8.68. The normalized spacial score (nSPS) is 12.5. The monoisotopic (exact) mass is 563 g/mol. The van der Waals surface area contributed by atoms with Gasteiger partial charge in [-0.25, -0.2) is 8.42 Å². The molecule has 0 aliphatic rings. The van der Waals surface area contributed by atoms with Gasteiger partial charge in [-0.2, -0.15) is 0 Å². The van der Waals surface area contributed by atoms with Gasteiger partial charge < -0.3 is 10.2 Å². The Morgan fingerprint density at radius 2 is 1.45 bits per heavy atom. The molecule has 2 amide bonds. The maximum absolute atomic E-state index is 14.2. The Morgan fingerprint density at radius 1 is 0.850 bits per heavy atom. The van der Waals surface area contributed by atoms with E-state index in [0.717, 1.165) is 38.4 Å². The highest BCUT2D eigenvalue weighted by Gasteiger charge is 2.34. The third-order valence-electron chi connectivity index (χ3n) is 6.56. The Morgan fingerprint density at radius 3 is 2.02 bits per heavy atom. The number of hydrogen-bond acceptors (Lipinski definition) is 4. The first-order chi connectivity index (χ1) is 18.6. The average molecular weight is 564 g/mol. The highest BCUT2D eigenvalue weighted by molar-refractivity contribution is 7.92. The van der Waals surface area contributed by atoms with Crippen LogP contribution in [0.25, 0.3) is 0 Å². The van der Waals surface area contributed by atoms with Crippen LogP contribution in [0.3, 0.4) is 0 Å². The van der Waals surface area contributed by atoms with Gasteiger partial charge in [-0.1, -0.05) is 72.3 Å². The van der Waals surface area contributed by atoms with Crippen LogP contribution in [-0.4, -0.2) is 49.5 Å². The molecule has 3 aromatic rings. The lowest BCUT2D eigenvalue weighted by atomic mass is 10.0. The van der Waals surface area contributed by atoms with Crippen LogP contribution in [0.5, 0.6) is 0 Å². The molecular weight excluding hydrogens is 522 g/mol. The van der Waals surface area contributed by atoms with Crippen molar-refractivity contribution in [2.45, 2.75) is 66.1 Å². The van der Waals surface area contributed by atoms with Gasteiger partial charge in [-0.15, -0.1) is 0 Å². The number of nitrogens with zero attached hydrogens (tertiary/aromatic N) is 2. The van der Waals surface area contributed by atoms with Crippen LogP contribution in [0, 0.1) is 20.8 Å². The van der Waals surface area contributed by atoms with Crippen LogP contribution in [0.15, 0.2) is 72.8 Å². The van der Waals surface area contributed by atoms with Gasteiger partial charge in [0.15, 0.2) is 0 Å². The SMILES string of the molecule is Cc1ccc(CN(C(=O)CN(c2cc(C)ccc2C)S(C)(=O)=O)[C@@H](Cc2ccccc2)C(=O)NC(C)(C)C)cc1. The molecule has 0 fully saturated rings. The summed E-state index contributed by atoms with van der Waals surface area (Å²) in [6.45, 7) is 11.1. The van der Waals surface area contributed by atoms with E-state index in [2.05, 4.69) is 5.32 Å². The second kappa shape index (κ2) is 12.7. The lowest BCUT2D eigenvalue weighted by Crippen LogP contribution is -2.56. The molecule has 0 spiro atoms. The van der Waals surface area contributed by atoms with E-state index in [0.29, 0.717) is 5.69 Å². The van der Waals surface area contributed by atoms with E-state index in [1.165, 1.54) is 4.90 Å². The second-order valence-electron chi connectivity index (χ2n) is 11.5. The number of carbonyl (C=O) groups is 2. The van der Waals surface area contributed by atoms with E-state index in [1.54, 1.807) is 6.07 Å². The molecule has 1 atom stereocenters. The van der Waals surface area contributed by atoms with Crippen LogP contribution >= 0.6 is 0 Å². The van der Waals surface area contributed by atoms with Crippen molar-refractivity contribution in [1.82, 2.24) is 10.2 Å². The summed E-state index contributed by atoms with van der Waals surface area (Å²) in [5.74, 6) is -0.758. The molecule has 0 saturated heterocycles. The van der Waals surface area contributed by atoms with Gasteiger partial charge in [0.1, 0.15) is 12.6 Å². The highest BCUT2D eigenvalue weighted by Crippen LogP contribution is 2.25. The maximum atomic E-state index is 14.2. The number of nitrogens with one attached hydrogen (secondary N) is 1. The van der Waals surface area contributed by atoms with Gasteiger partial charge in [0.05, 0.1) is 11.9 Å². The van der Waals surface area contributed by atoms with Crippen LogP contribution < -0.4 is 9.62 Å². The Kier molecular flexibility index (Phi) is 9.79. The second-order valence-corrected chi connectivity index (χ2v) is 13.4. The molecular formula is C32H41N3O4S. The predicted octanol–water partition coefficient (Wildman–Crippen LogP) is 4.93. The zero-order chi connectivity index (χ0) is 29.7. The van der Waals surface area contributed by atoms with Crippen LogP contribution in [0.2, 0.25) is 0 Å². The Bertz CT molecular complexity index is 1430. The van der Waals surface area contributed by atoms with Crippen molar-refractivity contribution in [2.75, 3.05) is 17.1 Å². The molecule has 0 unspecified atom stereocenters. The fourth-order valence-corrected chi connectivity index (χ4v) is 5.38. The minimum Gasteiger partial charge on any atom is -0.350 e. The summed E-state index contributed by atoms with van der Waals surface area (Å²) in [4.78, 5) is 29.5. The van der Waals surface area contributed by atoms with Crippen LogP contribution in [0.4, 0.5) is 5.69 Å². The standard InChI is InChI=1S/C32H41N3O4S/c1-23-14-17-27(18-15-23)21-34(29(31(37)33-32(4,5)6)20-26-11-9-8-10-12-26)30(36)22-35(40(7,38)39)28-19-24(2)13-16-25(28)3/h8-19,29H,20-22H2,1-7H3,(H,33,37)/t29-/m0/s1. The van der Waals surface area contributed by atoms with E-state index in [-0.39, 0.29) is 18.9 Å². The molecule has 0 bridgehead atoms. The lowest BCUT2D eigenvalue weighted by molar-refractivity contribution is -0.140. The largest absolute Gasteiger partial charge is 0.350 e. The average Bonchev–Trinajstić information content (AvgIpc) is 2.86. The summed E-state index contributed by atoms with van der Waals surface area (Å²) < 4.78 is 27.2. The van der Waals surface area contributed by atoms with Gasteiger partial charge in [0.25, 0.3) is 0 Å². The van der Waals surface area contributed by atoms with E-state index in [4.69, 9.17) is 0 Å². The maximum Gasteiger partial charge on any atom is 0.244 e. The molecule has 3 rings (SSSR count). The molecule has 0 saturated carbocycles. The molecule has 0 radical (unpaired) electrons. The zero-order valence-electron chi connectivity index (χ0n) is 24.6. The topological polar surface area (TPSA) is 86.8 Å². The minimum absolute atomic E-state index is 0.151.